The SMILES string of the molecule is COc1ccccc1/C=N\NC(=O)c1cccc(Cl)c1. The fourth-order valence-electron chi connectivity index (χ4n) is 1.63. The molecule has 0 atom stereocenters. The first-order chi connectivity index (χ1) is 9.70. The molecule has 0 radical (unpaired) electrons. The monoisotopic (exact) mass is 288 g/mol. The number of rotatable bonds is 4. The third-order valence-electron chi connectivity index (χ3n) is 2.60. The Morgan fingerprint density at radius 2 is 2.05 bits per heavy atom. The van der Waals surface area contributed by atoms with Gasteiger partial charge in [-0.25, -0.2) is 5.43 Å². The molecule has 4 nitrogen and oxygen atoms in total. The average molecular weight is 289 g/mol. The van der Waals surface area contributed by atoms with E-state index in [2.05, 4.69) is 10.5 Å². The molecule has 2 aromatic carbocycles. The van der Waals surface area contributed by atoms with Gasteiger partial charge in [0.2, 0.25) is 0 Å². The quantitative estimate of drug-likeness (QED) is 0.694. The Labute approximate surface area is 122 Å². The summed E-state index contributed by atoms with van der Waals surface area (Å²) < 4.78 is 5.18. The lowest BCUT2D eigenvalue weighted by Gasteiger charge is -2.03. The number of carbonyl (C=O) groups is 1. The van der Waals surface area contributed by atoms with Gasteiger partial charge in [0, 0.05) is 16.1 Å². The van der Waals surface area contributed by atoms with E-state index in [4.69, 9.17) is 16.3 Å². The van der Waals surface area contributed by atoms with Gasteiger partial charge in [0.15, 0.2) is 0 Å². The fourth-order valence-corrected chi connectivity index (χ4v) is 1.82. The van der Waals surface area contributed by atoms with Crippen molar-refractivity contribution in [3.8, 4) is 5.75 Å². The van der Waals surface area contributed by atoms with Gasteiger partial charge in [-0.05, 0) is 30.3 Å². The molecule has 0 aliphatic rings. The van der Waals surface area contributed by atoms with E-state index in [1.807, 2.05) is 24.3 Å². The molecular weight excluding hydrogens is 276 g/mol. The number of amides is 1. The first-order valence-electron chi connectivity index (χ1n) is 5.92. The Morgan fingerprint density at radius 3 is 2.80 bits per heavy atom. The summed E-state index contributed by atoms with van der Waals surface area (Å²) in [7, 11) is 1.58. The van der Waals surface area contributed by atoms with Gasteiger partial charge in [-0.15, -0.1) is 0 Å². The van der Waals surface area contributed by atoms with Crippen molar-refractivity contribution in [3.05, 3.63) is 64.7 Å². The van der Waals surface area contributed by atoms with E-state index in [1.54, 1.807) is 31.4 Å². The van der Waals surface area contributed by atoms with Crippen molar-refractivity contribution >= 4 is 23.7 Å². The van der Waals surface area contributed by atoms with Crippen LogP contribution in [0.3, 0.4) is 0 Å². The van der Waals surface area contributed by atoms with Crippen LogP contribution >= 0.6 is 11.6 Å². The maximum absolute atomic E-state index is 11.8. The van der Waals surface area contributed by atoms with Gasteiger partial charge in [0.1, 0.15) is 5.75 Å². The Bertz CT molecular complexity index is 641. The zero-order chi connectivity index (χ0) is 14.4. The molecule has 0 saturated carbocycles. The smallest absolute Gasteiger partial charge is 0.271 e. The van der Waals surface area contributed by atoms with E-state index in [0.29, 0.717) is 16.3 Å². The molecule has 0 aliphatic carbocycles. The van der Waals surface area contributed by atoms with Crippen molar-refractivity contribution in [1.82, 2.24) is 5.43 Å². The predicted molar refractivity (Wildman–Crippen MR) is 79.5 cm³/mol. The lowest BCUT2D eigenvalue weighted by molar-refractivity contribution is 0.0955. The Morgan fingerprint density at radius 1 is 1.25 bits per heavy atom. The fraction of sp³-hybridized carbons (Fsp3) is 0.0667. The number of hydrogen-bond donors (Lipinski definition) is 1. The van der Waals surface area contributed by atoms with Gasteiger partial charge in [-0.1, -0.05) is 29.8 Å². The van der Waals surface area contributed by atoms with Crippen LogP contribution in [0.25, 0.3) is 0 Å². The Balaban J connectivity index is 2.05. The maximum atomic E-state index is 11.8. The second kappa shape index (κ2) is 6.73. The molecule has 2 aromatic rings. The van der Waals surface area contributed by atoms with Crippen molar-refractivity contribution in [3.63, 3.8) is 0 Å². The van der Waals surface area contributed by atoms with Crippen LogP contribution in [0.2, 0.25) is 5.02 Å². The molecule has 20 heavy (non-hydrogen) atoms. The van der Waals surface area contributed by atoms with Crippen molar-refractivity contribution in [2.24, 2.45) is 5.10 Å². The van der Waals surface area contributed by atoms with Crippen LogP contribution in [-0.2, 0) is 0 Å². The number of methoxy groups -OCH3 is 1. The highest BCUT2D eigenvalue weighted by molar-refractivity contribution is 6.30. The minimum absolute atomic E-state index is 0.321. The molecule has 5 heteroatoms. The van der Waals surface area contributed by atoms with Gasteiger partial charge in [0.05, 0.1) is 13.3 Å². The number of carbonyl (C=O) groups excluding carboxylic acids is 1. The van der Waals surface area contributed by atoms with Gasteiger partial charge in [0.25, 0.3) is 5.91 Å². The van der Waals surface area contributed by atoms with Crippen LogP contribution in [0.15, 0.2) is 53.6 Å². The van der Waals surface area contributed by atoms with Crippen molar-refractivity contribution in [1.29, 1.82) is 0 Å². The number of hydrogen-bond acceptors (Lipinski definition) is 3. The van der Waals surface area contributed by atoms with E-state index in [-0.39, 0.29) is 5.91 Å². The van der Waals surface area contributed by atoms with Gasteiger partial charge in [-0.3, -0.25) is 4.79 Å². The van der Waals surface area contributed by atoms with E-state index >= 15 is 0 Å². The molecule has 0 saturated heterocycles. The van der Waals surface area contributed by atoms with Crippen LogP contribution in [-0.4, -0.2) is 19.2 Å². The number of ether oxygens (including phenoxy) is 1. The molecule has 0 fully saturated rings. The number of para-hydroxylation sites is 1. The van der Waals surface area contributed by atoms with Crippen LogP contribution < -0.4 is 10.2 Å². The highest BCUT2D eigenvalue weighted by Crippen LogP contribution is 2.14. The standard InChI is InChI=1S/C15H13ClN2O2/c1-20-14-8-3-2-5-12(14)10-17-18-15(19)11-6-4-7-13(16)9-11/h2-10H,1H3,(H,18,19)/b17-10-. The van der Waals surface area contributed by atoms with Gasteiger partial charge >= 0.3 is 0 Å². The molecule has 0 aromatic heterocycles. The largest absolute Gasteiger partial charge is 0.496 e. The molecular formula is C15H13ClN2O2. The van der Waals surface area contributed by atoms with Crippen LogP contribution in [0.5, 0.6) is 5.75 Å². The Kier molecular flexibility index (Phi) is 4.74. The molecule has 0 unspecified atom stereocenters. The summed E-state index contributed by atoms with van der Waals surface area (Å²) in [5.41, 5.74) is 3.67. The molecule has 0 spiro atoms. The van der Waals surface area contributed by atoms with Gasteiger partial charge in [-0.2, -0.15) is 5.10 Å². The molecule has 0 aliphatic heterocycles. The first-order valence-corrected chi connectivity index (χ1v) is 6.30. The number of benzene rings is 2. The third-order valence-corrected chi connectivity index (χ3v) is 2.83. The molecule has 1 N–H and O–H groups in total. The molecule has 0 heterocycles. The number of hydrazone groups is 1. The summed E-state index contributed by atoms with van der Waals surface area (Å²) in [5, 5.41) is 4.41. The average Bonchev–Trinajstić information content (AvgIpc) is 2.47. The summed E-state index contributed by atoms with van der Waals surface area (Å²) >= 11 is 5.82. The highest BCUT2D eigenvalue weighted by atomic mass is 35.5. The van der Waals surface area contributed by atoms with Crippen LogP contribution in [0, 0.1) is 0 Å². The topological polar surface area (TPSA) is 50.7 Å². The van der Waals surface area contributed by atoms with E-state index in [9.17, 15) is 4.79 Å². The second-order valence-electron chi connectivity index (χ2n) is 3.95. The Hall–Kier alpha value is -2.33. The van der Waals surface area contributed by atoms with Crippen molar-refractivity contribution < 1.29 is 9.53 Å². The highest BCUT2D eigenvalue weighted by Gasteiger charge is 2.04. The van der Waals surface area contributed by atoms with Crippen molar-refractivity contribution in [2.45, 2.75) is 0 Å². The minimum atomic E-state index is -0.321. The first kappa shape index (κ1) is 14.1. The summed E-state index contributed by atoms with van der Waals surface area (Å²) in [6.07, 6.45) is 1.53. The molecule has 1 amide bonds. The maximum Gasteiger partial charge on any atom is 0.271 e. The van der Waals surface area contributed by atoms with Crippen LogP contribution in [0.1, 0.15) is 15.9 Å². The summed E-state index contributed by atoms with van der Waals surface area (Å²) in [6.45, 7) is 0. The van der Waals surface area contributed by atoms with Gasteiger partial charge < -0.3 is 4.74 Å². The van der Waals surface area contributed by atoms with Crippen LogP contribution in [0.4, 0.5) is 0 Å². The molecule has 102 valence electrons. The summed E-state index contributed by atoms with van der Waals surface area (Å²) in [5.74, 6) is 0.368. The minimum Gasteiger partial charge on any atom is -0.496 e. The zero-order valence-electron chi connectivity index (χ0n) is 10.8. The second-order valence-corrected chi connectivity index (χ2v) is 4.39. The van der Waals surface area contributed by atoms with E-state index < -0.39 is 0 Å². The molecule has 0 bridgehead atoms. The third kappa shape index (κ3) is 3.59. The lowest BCUT2D eigenvalue weighted by Crippen LogP contribution is -2.17. The van der Waals surface area contributed by atoms with Crippen molar-refractivity contribution in [2.75, 3.05) is 7.11 Å². The number of nitrogens with zero attached hydrogens (tertiary/aromatic N) is 1. The summed E-state index contributed by atoms with van der Waals surface area (Å²) in [4.78, 5) is 11.8. The van der Waals surface area contributed by atoms with E-state index in [1.165, 1.54) is 6.21 Å². The number of nitrogens with one attached hydrogen (secondary N) is 1. The number of halogens is 1. The lowest BCUT2D eigenvalue weighted by atomic mass is 10.2. The summed E-state index contributed by atoms with van der Waals surface area (Å²) in [6, 6.07) is 14.0. The predicted octanol–water partition coefficient (Wildman–Crippen LogP) is 3.11. The zero-order valence-corrected chi connectivity index (χ0v) is 11.6. The molecule has 2 rings (SSSR count). The normalized spacial score (nSPS) is 10.5. The van der Waals surface area contributed by atoms with E-state index in [0.717, 1.165) is 5.56 Å².